The van der Waals surface area contributed by atoms with Gasteiger partial charge in [0.2, 0.25) is 17.8 Å². The van der Waals surface area contributed by atoms with Gasteiger partial charge in [-0.15, -0.1) is 0 Å². The molecule has 11 nitrogen and oxygen atoms in total. The van der Waals surface area contributed by atoms with Gasteiger partial charge in [0.15, 0.2) is 0 Å². The van der Waals surface area contributed by atoms with E-state index in [1.54, 1.807) is 0 Å². The molecule has 114 valence electrons. The largest absolute Gasteiger partial charge is 0.376 e. The van der Waals surface area contributed by atoms with Gasteiger partial charge in [0.25, 0.3) is 0 Å². The number of nitrogens with one attached hydrogen (secondary N) is 1. The first-order valence-electron chi connectivity index (χ1n) is 5.62. The second-order valence-corrected chi connectivity index (χ2v) is 3.52. The predicted molar refractivity (Wildman–Crippen MR) is 68.6 cm³/mol. The number of ether oxygens (including phenoxy) is 1. The van der Waals surface area contributed by atoms with Crippen molar-refractivity contribution in [2.45, 2.75) is 0 Å². The Kier molecular flexibility index (Phi) is 6.83. The van der Waals surface area contributed by atoms with Crippen molar-refractivity contribution < 1.29 is 25.2 Å². The average molecular weight is 290 g/mol. The smallest absolute Gasteiger partial charge is 0.235 e. The maximum atomic E-state index is 9.24. The fourth-order valence-corrected chi connectivity index (χ4v) is 1.28. The normalized spacial score (nSPS) is 10.4. The first kappa shape index (κ1) is 16.3. The summed E-state index contributed by atoms with van der Waals surface area (Å²) in [4.78, 5) is 14.2. The van der Waals surface area contributed by atoms with Crippen LogP contribution < -0.4 is 15.1 Å². The summed E-state index contributed by atoms with van der Waals surface area (Å²) >= 11 is 0. The number of aliphatic hydroxyl groups is 4. The lowest BCUT2D eigenvalue weighted by Gasteiger charge is -2.22. The number of aromatic nitrogens is 3. The number of methoxy groups -OCH3 is 1. The highest BCUT2D eigenvalue weighted by Crippen LogP contribution is 2.15. The standard InChI is InChI=1S/C9H18N6O5/c1-20-6-15(5-19)9-12-7(10-2-16)11-8(13-9)14(3-17)4-18/h16-19H,2-6H2,1H3,(H,10,11,12,13). The van der Waals surface area contributed by atoms with Gasteiger partial charge >= 0.3 is 0 Å². The Morgan fingerprint density at radius 1 is 0.950 bits per heavy atom. The topological polar surface area (TPSA) is 147 Å². The number of anilines is 3. The van der Waals surface area contributed by atoms with Gasteiger partial charge < -0.3 is 30.5 Å². The molecule has 0 aromatic carbocycles. The molecule has 0 aliphatic heterocycles. The minimum absolute atomic E-state index is 0.0222. The SMILES string of the molecule is COCN(CO)c1nc(NCO)nc(N(CO)CO)n1. The van der Waals surface area contributed by atoms with Gasteiger partial charge in [-0.2, -0.15) is 15.0 Å². The quantitative estimate of drug-likeness (QED) is 0.302. The van der Waals surface area contributed by atoms with Gasteiger partial charge in [0.05, 0.1) is 0 Å². The van der Waals surface area contributed by atoms with Crippen LogP contribution in [0.5, 0.6) is 0 Å². The van der Waals surface area contributed by atoms with Crippen LogP contribution >= 0.6 is 0 Å². The summed E-state index contributed by atoms with van der Waals surface area (Å²) in [6.45, 7) is -1.82. The molecule has 5 N–H and O–H groups in total. The van der Waals surface area contributed by atoms with E-state index in [0.717, 1.165) is 4.90 Å². The molecule has 1 rings (SSSR count). The van der Waals surface area contributed by atoms with Crippen molar-refractivity contribution in [1.82, 2.24) is 15.0 Å². The third-order valence-corrected chi connectivity index (χ3v) is 2.21. The summed E-state index contributed by atoms with van der Waals surface area (Å²) in [6.07, 6.45) is 0. The van der Waals surface area contributed by atoms with E-state index >= 15 is 0 Å². The highest BCUT2D eigenvalue weighted by atomic mass is 16.5. The van der Waals surface area contributed by atoms with E-state index in [-0.39, 0.29) is 24.6 Å². The molecular weight excluding hydrogens is 272 g/mol. The van der Waals surface area contributed by atoms with Gasteiger partial charge in [-0.3, -0.25) is 9.80 Å². The number of hydrogen-bond acceptors (Lipinski definition) is 11. The predicted octanol–water partition coefficient (Wildman–Crippen LogP) is -2.70. The molecule has 1 heterocycles. The summed E-state index contributed by atoms with van der Waals surface area (Å²) in [7, 11) is 1.44. The number of rotatable bonds is 9. The Balaban J connectivity index is 3.14. The highest BCUT2D eigenvalue weighted by molar-refractivity contribution is 5.44. The van der Waals surface area contributed by atoms with Gasteiger partial charge in [0.1, 0.15) is 33.7 Å². The molecule has 0 unspecified atom stereocenters. The lowest BCUT2D eigenvalue weighted by molar-refractivity contribution is 0.166. The third kappa shape index (κ3) is 4.11. The number of aliphatic hydroxyl groups excluding tert-OH is 4. The maximum absolute atomic E-state index is 9.24. The Labute approximate surface area is 115 Å². The molecule has 0 saturated heterocycles. The van der Waals surface area contributed by atoms with E-state index in [0.29, 0.717) is 0 Å². The van der Waals surface area contributed by atoms with Crippen LogP contribution in [-0.4, -0.2) is 76.1 Å². The minimum atomic E-state index is -0.512. The van der Waals surface area contributed by atoms with Crippen LogP contribution in [0.2, 0.25) is 0 Å². The molecule has 11 heteroatoms. The van der Waals surface area contributed by atoms with Crippen molar-refractivity contribution in [3.8, 4) is 0 Å². The van der Waals surface area contributed by atoms with E-state index < -0.39 is 26.9 Å². The fourth-order valence-electron chi connectivity index (χ4n) is 1.28. The second kappa shape index (κ2) is 8.39. The van der Waals surface area contributed by atoms with E-state index in [1.807, 2.05) is 0 Å². The molecule has 20 heavy (non-hydrogen) atoms. The van der Waals surface area contributed by atoms with Crippen LogP contribution in [0.4, 0.5) is 17.8 Å². The minimum Gasteiger partial charge on any atom is -0.376 e. The first-order chi connectivity index (χ1) is 9.69. The Bertz CT molecular complexity index is 404. The zero-order valence-corrected chi connectivity index (χ0v) is 11.0. The molecule has 1 aromatic heterocycles. The Morgan fingerprint density at radius 3 is 1.95 bits per heavy atom. The van der Waals surface area contributed by atoms with Gasteiger partial charge in [-0.25, -0.2) is 0 Å². The molecule has 0 amide bonds. The monoisotopic (exact) mass is 290 g/mol. The number of hydrogen-bond donors (Lipinski definition) is 5. The van der Waals surface area contributed by atoms with Crippen LogP contribution in [0.25, 0.3) is 0 Å². The lowest BCUT2D eigenvalue weighted by Crippen LogP contribution is -2.32. The molecule has 0 bridgehead atoms. The molecule has 1 aromatic rings. The molecule has 0 aliphatic carbocycles. The summed E-state index contributed by atoms with van der Waals surface area (Å²) in [5.41, 5.74) is 0. The van der Waals surface area contributed by atoms with Crippen LogP contribution in [0.3, 0.4) is 0 Å². The lowest BCUT2D eigenvalue weighted by atomic mass is 10.7. The summed E-state index contributed by atoms with van der Waals surface area (Å²) < 4.78 is 4.89. The van der Waals surface area contributed by atoms with Crippen molar-refractivity contribution in [3.63, 3.8) is 0 Å². The molecule has 0 aliphatic rings. The summed E-state index contributed by atoms with van der Waals surface area (Å²) in [5.74, 6) is 0.0571. The van der Waals surface area contributed by atoms with Gasteiger partial charge in [-0.1, -0.05) is 0 Å². The van der Waals surface area contributed by atoms with Crippen LogP contribution in [0.1, 0.15) is 0 Å². The zero-order valence-electron chi connectivity index (χ0n) is 11.0. The second-order valence-electron chi connectivity index (χ2n) is 3.52. The maximum Gasteiger partial charge on any atom is 0.235 e. The van der Waals surface area contributed by atoms with Crippen molar-refractivity contribution in [1.29, 1.82) is 0 Å². The van der Waals surface area contributed by atoms with Gasteiger partial charge in [0, 0.05) is 7.11 Å². The summed E-state index contributed by atoms with van der Waals surface area (Å²) in [5, 5.41) is 38.7. The zero-order chi connectivity index (χ0) is 15.0. The molecule has 0 fully saturated rings. The van der Waals surface area contributed by atoms with Crippen molar-refractivity contribution in [3.05, 3.63) is 0 Å². The molecule has 0 saturated carbocycles. The van der Waals surface area contributed by atoms with E-state index in [2.05, 4.69) is 20.3 Å². The van der Waals surface area contributed by atoms with Crippen LogP contribution in [0, 0.1) is 0 Å². The van der Waals surface area contributed by atoms with Crippen molar-refractivity contribution in [2.75, 3.05) is 55.9 Å². The van der Waals surface area contributed by atoms with Crippen LogP contribution in [-0.2, 0) is 4.74 Å². The molecular formula is C9H18N6O5. The van der Waals surface area contributed by atoms with E-state index in [9.17, 15) is 5.11 Å². The molecule has 0 radical (unpaired) electrons. The van der Waals surface area contributed by atoms with Crippen molar-refractivity contribution in [2.24, 2.45) is 0 Å². The third-order valence-electron chi connectivity index (χ3n) is 2.21. The summed E-state index contributed by atoms with van der Waals surface area (Å²) in [6, 6.07) is 0. The van der Waals surface area contributed by atoms with Gasteiger partial charge in [-0.05, 0) is 0 Å². The van der Waals surface area contributed by atoms with Crippen molar-refractivity contribution >= 4 is 17.8 Å². The number of nitrogens with zero attached hydrogens (tertiary/aromatic N) is 5. The molecule has 0 spiro atoms. The molecule has 0 atom stereocenters. The first-order valence-corrected chi connectivity index (χ1v) is 5.62. The Morgan fingerprint density at radius 2 is 1.50 bits per heavy atom. The highest BCUT2D eigenvalue weighted by Gasteiger charge is 2.16. The van der Waals surface area contributed by atoms with E-state index in [1.165, 1.54) is 12.0 Å². The van der Waals surface area contributed by atoms with Crippen LogP contribution in [0.15, 0.2) is 0 Å². The average Bonchev–Trinajstić information content (AvgIpc) is 2.46. The fraction of sp³-hybridized carbons (Fsp3) is 0.667. The van der Waals surface area contributed by atoms with E-state index in [4.69, 9.17) is 20.1 Å². The Hall–Kier alpha value is -1.79.